The lowest BCUT2D eigenvalue weighted by molar-refractivity contribution is 0.0178. The van der Waals surface area contributed by atoms with Gasteiger partial charge >= 0.3 is 0 Å². The van der Waals surface area contributed by atoms with Crippen molar-refractivity contribution in [2.24, 2.45) is 0 Å². The number of benzene rings is 3. The number of hydrogen-bond acceptors (Lipinski definition) is 5. The molecule has 5 rings (SSSR count). The Bertz CT molecular complexity index is 1280. The standard InChI is InChI=1S/C29H30FNO4/c1-4-13-31-16-23(17-31)34-26-12-7-20(14-25(26)30)29(3)28(19-5-8-21(32)9-6-19)18(2)24-11-10-22(33)15-27(24)35-29/h5-12,14-15,23,32-33H,4,13,16-17H2,1-3H3/t29-/m0/s1. The molecule has 0 unspecified atom stereocenters. The highest BCUT2D eigenvalue weighted by atomic mass is 19.1. The molecule has 0 saturated carbocycles. The predicted octanol–water partition coefficient (Wildman–Crippen LogP) is 5.95. The molecule has 0 spiro atoms. The Balaban J connectivity index is 1.53. The van der Waals surface area contributed by atoms with Gasteiger partial charge in [-0.2, -0.15) is 0 Å². The van der Waals surface area contributed by atoms with Crippen molar-refractivity contribution in [2.75, 3.05) is 19.6 Å². The molecule has 5 nitrogen and oxygen atoms in total. The van der Waals surface area contributed by atoms with E-state index in [1.165, 1.54) is 6.07 Å². The maximum atomic E-state index is 15.3. The number of nitrogens with zero attached hydrogens (tertiary/aromatic N) is 1. The van der Waals surface area contributed by atoms with Gasteiger partial charge in [0.2, 0.25) is 0 Å². The molecule has 1 fully saturated rings. The van der Waals surface area contributed by atoms with Gasteiger partial charge in [-0.3, -0.25) is 4.90 Å². The van der Waals surface area contributed by atoms with Gasteiger partial charge in [0.15, 0.2) is 17.2 Å². The van der Waals surface area contributed by atoms with Gasteiger partial charge in [-0.15, -0.1) is 0 Å². The molecule has 35 heavy (non-hydrogen) atoms. The van der Waals surface area contributed by atoms with Crippen LogP contribution in [0.2, 0.25) is 0 Å². The normalized spacial score (nSPS) is 20.2. The van der Waals surface area contributed by atoms with E-state index in [0.29, 0.717) is 11.3 Å². The quantitative estimate of drug-likeness (QED) is 0.461. The van der Waals surface area contributed by atoms with Crippen molar-refractivity contribution in [2.45, 2.75) is 38.9 Å². The molecular weight excluding hydrogens is 445 g/mol. The molecule has 3 aromatic rings. The first-order chi connectivity index (χ1) is 16.8. The van der Waals surface area contributed by atoms with Gasteiger partial charge in [-0.1, -0.05) is 25.1 Å². The summed E-state index contributed by atoms with van der Waals surface area (Å²) in [7, 11) is 0. The Morgan fingerprint density at radius 2 is 1.74 bits per heavy atom. The minimum atomic E-state index is -1.05. The number of likely N-dealkylation sites (tertiary alicyclic amines) is 1. The third-order valence-corrected chi connectivity index (χ3v) is 6.93. The van der Waals surface area contributed by atoms with E-state index in [1.54, 1.807) is 30.3 Å². The van der Waals surface area contributed by atoms with E-state index in [0.717, 1.165) is 48.3 Å². The zero-order valence-corrected chi connectivity index (χ0v) is 20.2. The Morgan fingerprint density at radius 1 is 1.03 bits per heavy atom. The van der Waals surface area contributed by atoms with Gasteiger partial charge in [0.05, 0.1) is 0 Å². The Morgan fingerprint density at radius 3 is 2.43 bits per heavy atom. The summed E-state index contributed by atoms with van der Waals surface area (Å²) in [6.07, 6.45) is 1.08. The highest BCUT2D eigenvalue weighted by Gasteiger charge is 2.41. The molecule has 2 N–H and O–H groups in total. The molecule has 0 radical (unpaired) electrons. The van der Waals surface area contributed by atoms with Crippen LogP contribution in [-0.4, -0.2) is 40.9 Å². The summed E-state index contributed by atoms with van der Waals surface area (Å²) in [5.41, 5.74) is 3.09. The van der Waals surface area contributed by atoms with Crippen LogP contribution in [0.15, 0.2) is 60.7 Å². The van der Waals surface area contributed by atoms with Crippen molar-refractivity contribution < 1.29 is 24.1 Å². The van der Waals surface area contributed by atoms with Crippen LogP contribution < -0.4 is 9.47 Å². The molecular formula is C29H30FNO4. The van der Waals surface area contributed by atoms with E-state index in [4.69, 9.17) is 9.47 Å². The fourth-order valence-electron chi connectivity index (χ4n) is 5.16. The lowest BCUT2D eigenvalue weighted by Gasteiger charge is -2.40. The van der Waals surface area contributed by atoms with E-state index in [2.05, 4.69) is 11.8 Å². The van der Waals surface area contributed by atoms with E-state index < -0.39 is 11.4 Å². The number of ether oxygens (including phenoxy) is 2. The lowest BCUT2D eigenvalue weighted by Crippen LogP contribution is -2.53. The van der Waals surface area contributed by atoms with Gasteiger partial charge in [0, 0.05) is 35.9 Å². The van der Waals surface area contributed by atoms with Crippen LogP contribution in [0.4, 0.5) is 4.39 Å². The number of fused-ring (bicyclic) bond motifs is 1. The van der Waals surface area contributed by atoms with Crippen LogP contribution in [0.5, 0.6) is 23.0 Å². The first-order valence-electron chi connectivity index (χ1n) is 12.0. The molecule has 2 heterocycles. The third kappa shape index (κ3) is 4.23. The zero-order chi connectivity index (χ0) is 24.7. The minimum Gasteiger partial charge on any atom is -0.508 e. The smallest absolute Gasteiger partial charge is 0.165 e. The van der Waals surface area contributed by atoms with Crippen molar-refractivity contribution in [3.8, 4) is 23.0 Å². The van der Waals surface area contributed by atoms with Crippen LogP contribution in [0, 0.1) is 5.82 Å². The highest BCUT2D eigenvalue weighted by Crippen LogP contribution is 2.51. The topological polar surface area (TPSA) is 62.2 Å². The third-order valence-electron chi connectivity index (χ3n) is 6.93. The largest absolute Gasteiger partial charge is 0.508 e. The van der Waals surface area contributed by atoms with Crippen molar-refractivity contribution in [1.82, 2.24) is 4.90 Å². The monoisotopic (exact) mass is 475 g/mol. The van der Waals surface area contributed by atoms with Crippen LogP contribution in [0.1, 0.15) is 43.9 Å². The molecule has 0 bridgehead atoms. The summed E-state index contributed by atoms with van der Waals surface area (Å²) in [6, 6.07) is 16.9. The average molecular weight is 476 g/mol. The van der Waals surface area contributed by atoms with Crippen LogP contribution in [0.3, 0.4) is 0 Å². The number of phenolic OH excluding ortho intramolecular Hbond substituents is 2. The Labute approximate surface area is 205 Å². The van der Waals surface area contributed by atoms with E-state index in [9.17, 15) is 10.2 Å². The molecule has 1 saturated heterocycles. The number of rotatable bonds is 6. The summed E-state index contributed by atoms with van der Waals surface area (Å²) in [4.78, 5) is 2.29. The maximum absolute atomic E-state index is 15.3. The molecule has 6 heteroatoms. The summed E-state index contributed by atoms with van der Waals surface area (Å²) in [5.74, 6) is 0.583. The predicted molar refractivity (Wildman–Crippen MR) is 134 cm³/mol. The second-order valence-corrected chi connectivity index (χ2v) is 9.51. The highest BCUT2D eigenvalue weighted by molar-refractivity contribution is 5.97. The molecule has 182 valence electrons. The van der Waals surface area contributed by atoms with E-state index in [1.807, 2.05) is 38.1 Å². The molecule has 0 amide bonds. The van der Waals surface area contributed by atoms with Crippen LogP contribution in [-0.2, 0) is 5.60 Å². The molecule has 2 aliphatic rings. The average Bonchev–Trinajstić information content (AvgIpc) is 2.79. The SMILES string of the molecule is CCCN1CC(Oc2ccc([C@]3(C)Oc4cc(O)ccc4C(C)=C3c3ccc(O)cc3)cc2F)C1. The zero-order valence-electron chi connectivity index (χ0n) is 20.2. The summed E-state index contributed by atoms with van der Waals surface area (Å²) >= 11 is 0. The number of aromatic hydroxyl groups is 2. The summed E-state index contributed by atoms with van der Waals surface area (Å²) < 4.78 is 27.7. The number of hydrogen-bond donors (Lipinski definition) is 2. The van der Waals surface area contributed by atoms with Gasteiger partial charge in [-0.05, 0) is 74.3 Å². The van der Waals surface area contributed by atoms with Gasteiger partial charge < -0.3 is 19.7 Å². The molecule has 3 aromatic carbocycles. The first-order valence-corrected chi connectivity index (χ1v) is 12.0. The van der Waals surface area contributed by atoms with Crippen molar-refractivity contribution in [3.63, 3.8) is 0 Å². The second kappa shape index (κ2) is 8.93. The minimum absolute atomic E-state index is 0.00651. The maximum Gasteiger partial charge on any atom is 0.165 e. The number of phenols is 2. The fourth-order valence-corrected chi connectivity index (χ4v) is 5.16. The Kier molecular flexibility index (Phi) is 5.93. The van der Waals surface area contributed by atoms with Gasteiger partial charge in [-0.25, -0.2) is 4.39 Å². The summed E-state index contributed by atoms with van der Waals surface area (Å²) in [5, 5.41) is 19.9. The Hall–Kier alpha value is -3.51. The van der Waals surface area contributed by atoms with Crippen molar-refractivity contribution in [1.29, 1.82) is 0 Å². The van der Waals surface area contributed by atoms with E-state index in [-0.39, 0.29) is 23.4 Å². The van der Waals surface area contributed by atoms with Crippen molar-refractivity contribution >= 4 is 11.1 Å². The second-order valence-electron chi connectivity index (χ2n) is 9.51. The molecule has 2 aliphatic heterocycles. The molecule has 0 aromatic heterocycles. The van der Waals surface area contributed by atoms with Crippen LogP contribution >= 0.6 is 0 Å². The molecule has 0 aliphatic carbocycles. The summed E-state index contributed by atoms with van der Waals surface area (Å²) in [6.45, 7) is 8.68. The van der Waals surface area contributed by atoms with Crippen LogP contribution in [0.25, 0.3) is 11.1 Å². The first kappa shape index (κ1) is 23.2. The number of allylic oxidation sites excluding steroid dienone is 1. The number of halogens is 1. The van der Waals surface area contributed by atoms with E-state index >= 15 is 4.39 Å². The van der Waals surface area contributed by atoms with Gasteiger partial charge in [0.1, 0.15) is 23.4 Å². The lowest BCUT2D eigenvalue weighted by atomic mass is 9.77. The van der Waals surface area contributed by atoms with Crippen molar-refractivity contribution in [3.05, 3.63) is 83.2 Å². The van der Waals surface area contributed by atoms with Gasteiger partial charge in [0.25, 0.3) is 0 Å². The molecule has 1 atom stereocenters. The fraction of sp³-hybridized carbons (Fsp3) is 0.310.